The highest BCUT2D eigenvalue weighted by Gasteiger charge is 2.49. The van der Waals surface area contributed by atoms with Gasteiger partial charge in [-0.15, -0.1) is 0 Å². The van der Waals surface area contributed by atoms with Gasteiger partial charge in [0.15, 0.2) is 11.6 Å². The number of carboxylic acid groups (broad SMARTS) is 1. The zero-order chi connectivity index (χ0) is 16.7. The second-order valence-electron chi connectivity index (χ2n) is 6.16. The fraction of sp³-hybridized carbons (Fsp3) is 0.562. The van der Waals surface area contributed by atoms with Gasteiger partial charge in [-0.3, -0.25) is 4.79 Å². The van der Waals surface area contributed by atoms with Crippen LogP contribution in [0.1, 0.15) is 38.7 Å². The van der Waals surface area contributed by atoms with Crippen LogP contribution >= 0.6 is 0 Å². The van der Waals surface area contributed by atoms with Crippen molar-refractivity contribution in [1.82, 2.24) is 0 Å². The lowest BCUT2D eigenvalue weighted by atomic mass is 9.77. The monoisotopic (exact) mass is 314 g/mol. The SMILES string of the molecule is COc1c(C2C(CC(=O)O)OC(C)(C)C2C)ccc(F)c1F. The minimum Gasteiger partial charge on any atom is -0.493 e. The van der Waals surface area contributed by atoms with E-state index in [9.17, 15) is 13.6 Å². The average Bonchev–Trinajstić information content (AvgIpc) is 2.62. The number of methoxy groups -OCH3 is 1. The highest BCUT2D eigenvalue weighted by Crippen LogP contribution is 2.49. The van der Waals surface area contributed by atoms with Crippen molar-refractivity contribution in [2.75, 3.05) is 7.11 Å². The van der Waals surface area contributed by atoms with E-state index in [2.05, 4.69) is 0 Å². The number of carbonyl (C=O) groups is 1. The first-order valence-electron chi connectivity index (χ1n) is 7.10. The van der Waals surface area contributed by atoms with Crippen LogP contribution in [0, 0.1) is 17.6 Å². The van der Waals surface area contributed by atoms with Crippen molar-refractivity contribution in [1.29, 1.82) is 0 Å². The highest BCUT2D eigenvalue weighted by molar-refractivity contribution is 5.67. The van der Waals surface area contributed by atoms with E-state index in [4.69, 9.17) is 14.6 Å². The number of rotatable bonds is 4. The van der Waals surface area contributed by atoms with Gasteiger partial charge in [0.05, 0.1) is 25.2 Å². The van der Waals surface area contributed by atoms with Gasteiger partial charge in [-0.05, 0) is 25.8 Å². The normalized spacial score (nSPS) is 26.9. The standard InChI is InChI=1S/C16H20F2O4/c1-8-13(11(7-12(19)20)22-16(8,2)3)9-5-6-10(17)14(18)15(9)21-4/h5-6,8,11,13H,7H2,1-4H3,(H,19,20). The Bertz CT molecular complexity index is 586. The molecule has 1 aliphatic rings. The summed E-state index contributed by atoms with van der Waals surface area (Å²) >= 11 is 0. The van der Waals surface area contributed by atoms with E-state index in [1.807, 2.05) is 20.8 Å². The van der Waals surface area contributed by atoms with Crippen LogP contribution in [0.15, 0.2) is 12.1 Å². The minimum absolute atomic E-state index is 0.0874. The maximum atomic E-state index is 14.0. The van der Waals surface area contributed by atoms with Crippen LogP contribution in [0.2, 0.25) is 0 Å². The van der Waals surface area contributed by atoms with Crippen molar-refractivity contribution in [3.8, 4) is 5.75 Å². The largest absolute Gasteiger partial charge is 0.493 e. The summed E-state index contributed by atoms with van der Waals surface area (Å²) in [6.45, 7) is 5.63. The maximum absolute atomic E-state index is 14.0. The molecule has 1 fully saturated rings. The van der Waals surface area contributed by atoms with Gasteiger partial charge in [-0.2, -0.15) is 4.39 Å². The molecule has 3 atom stereocenters. The van der Waals surface area contributed by atoms with Crippen molar-refractivity contribution in [3.05, 3.63) is 29.3 Å². The molecular weight excluding hydrogens is 294 g/mol. The molecule has 1 heterocycles. The molecule has 1 aromatic rings. The fourth-order valence-corrected chi connectivity index (χ4v) is 3.15. The predicted octanol–water partition coefficient (Wildman–Crippen LogP) is 3.35. The molecular formula is C16H20F2O4. The van der Waals surface area contributed by atoms with E-state index in [-0.39, 0.29) is 18.1 Å². The van der Waals surface area contributed by atoms with Crippen LogP contribution in [0.3, 0.4) is 0 Å². The molecule has 1 N–H and O–H groups in total. The number of halogens is 2. The summed E-state index contributed by atoms with van der Waals surface area (Å²) in [5.41, 5.74) is -0.133. The van der Waals surface area contributed by atoms with Crippen LogP contribution in [-0.4, -0.2) is 29.9 Å². The van der Waals surface area contributed by atoms with E-state index in [0.717, 1.165) is 6.07 Å². The summed E-state index contributed by atoms with van der Waals surface area (Å²) < 4.78 is 38.3. The van der Waals surface area contributed by atoms with Gasteiger partial charge >= 0.3 is 5.97 Å². The van der Waals surface area contributed by atoms with Gasteiger partial charge in [0.25, 0.3) is 0 Å². The van der Waals surface area contributed by atoms with E-state index >= 15 is 0 Å². The van der Waals surface area contributed by atoms with Crippen LogP contribution in [-0.2, 0) is 9.53 Å². The quantitative estimate of drug-likeness (QED) is 0.926. The van der Waals surface area contributed by atoms with E-state index in [1.165, 1.54) is 13.2 Å². The third-order valence-corrected chi connectivity index (χ3v) is 4.51. The Labute approximate surface area is 128 Å². The zero-order valence-corrected chi connectivity index (χ0v) is 13.0. The topological polar surface area (TPSA) is 55.8 Å². The first kappa shape index (κ1) is 16.7. The number of aliphatic carboxylic acids is 1. The van der Waals surface area contributed by atoms with Crippen LogP contribution in [0.5, 0.6) is 5.75 Å². The number of hydrogen-bond donors (Lipinski definition) is 1. The van der Waals surface area contributed by atoms with Crippen molar-refractivity contribution >= 4 is 5.97 Å². The zero-order valence-electron chi connectivity index (χ0n) is 13.0. The Morgan fingerprint density at radius 1 is 1.41 bits per heavy atom. The molecule has 122 valence electrons. The average molecular weight is 314 g/mol. The van der Waals surface area contributed by atoms with Gasteiger partial charge in [0, 0.05) is 11.5 Å². The lowest BCUT2D eigenvalue weighted by Crippen LogP contribution is -2.27. The summed E-state index contributed by atoms with van der Waals surface area (Å²) in [5.74, 6) is -3.73. The molecule has 1 aliphatic heterocycles. The first-order valence-corrected chi connectivity index (χ1v) is 7.10. The molecule has 0 amide bonds. The molecule has 1 aromatic carbocycles. The lowest BCUT2D eigenvalue weighted by Gasteiger charge is -2.26. The molecule has 0 saturated carbocycles. The van der Waals surface area contributed by atoms with Crippen LogP contribution in [0.25, 0.3) is 0 Å². The molecule has 4 nitrogen and oxygen atoms in total. The molecule has 0 bridgehead atoms. The molecule has 3 unspecified atom stereocenters. The van der Waals surface area contributed by atoms with Crippen molar-refractivity contribution in [3.63, 3.8) is 0 Å². The highest BCUT2D eigenvalue weighted by atomic mass is 19.2. The summed E-state index contributed by atoms with van der Waals surface area (Å²) in [4.78, 5) is 11.1. The van der Waals surface area contributed by atoms with Gasteiger partial charge in [0.1, 0.15) is 0 Å². The van der Waals surface area contributed by atoms with E-state index in [1.54, 1.807) is 0 Å². The van der Waals surface area contributed by atoms with Crippen LogP contribution < -0.4 is 4.74 Å². The molecule has 0 radical (unpaired) electrons. The maximum Gasteiger partial charge on any atom is 0.306 e. The molecule has 2 rings (SSSR count). The second-order valence-corrected chi connectivity index (χ2v) is 6.16. The van der Waals surface area contributed by atoms with Crippen molar-refractivity contribution < 1.29 is 28.2 Å². The number of benzene rings is 1. The Hall–Kier alpha value is -1.69. The number of carboxylic acids is 1. The molecule has 6 heteroatoms. The van der Waals surface area contributed by atoms with Gasteiger partial charge < -0.3 is 14.6 Å². The third-order valence-electron chi connectivity index (χ3n) is 4.51. The Morgan fingerprint density at radius 2 is 2.05 bits per heavy atom. The lowest BCUT2D eigenvalue weighted by molar-refractivity contribution is -0.141. The van der Waals surface area contributed by atoms with E-state index < -0.39 is 35.2 Å². The van der Waals surface area contributed by atoms with Gasteiger partial charge in [0.2, 0.25) is 5.82 Å². The number of ether oxygens (including phenoxy) is 2. The molecule has 0 spiro atoms. The molecule has 22 heavy (non-hydrogen) atoms. The van der Waals surface area contributed by atoms with E-state index in [0.29, 0.717) is 5.56 Å². The summed E-state index contributed by atoms with van der Waals surface area (Å²) in [6, 6.07) is 2.47. The Balaban J connectivity index is 2.52. The van der Waals surface area contributed by atoms with Crippen molar-refractivity contribution in [2.24, 2.45) is 5.92 Å². The Kier molecular flexibility index (Phi) is 4.42. The fourth-order valence-electron chi connectivity index (χ4n) is 3.15. The second kappa shape index (κ2) is 5.83. The summed E-state index contributed by atoms with van der Waals surface area (Å²) in [6.07, 6.45) is -0.832. The summed E-state index contributed by atoms with van der Waals surface area (Å²) in [5, 5.41) is 9.07. The van der Waals surface area contributed by atoms with Crippen LogP contribution in [0.4, 0.5) is 8.78 Å². The minimum atomic E-state index is -1.06. The smallest absolute Gasteiger partial charge is 0.306 e. The predicted molar refractivity (Wildman–Crippen MR) is 76.0 cm³/mol. The molecule has 0 aromatic heterocycles. The summed E-state index contributed by atoms with van der Waals surface area (Å²) in [7, 11) is 1.26. The first-order chi connectivity index (χ1) is 10.2. The van der Waals surface area contributed by atoms with Gasteiger partial charge in [-0.1, -0.05) is 13.0 Å². The third kappa shape index (κ3) is 2.79. The Morgan fingerprint density at radius 3 is 2.59 bits per heavy atom. The van der Waals surface area contributed by atoms with Crippen molar-refractivity contribution in [2.45, 2.75) is 44.8 Å². The van der Waals surface area contributed by atoms with Gasteiger partial charge in [-0.25, -0.2) is 4.39 Å². The number of hydrogen-bond acceptors (Lipinski definition) is 3. The molecule has 1 saturated heterocycles. The molecule has 0 aliphatic carbocycles.